The molecule has 0 saturated carbocycles. The molecule has 1 heterocycles. The van der Waals surface area contributed by atoms with E-state index in [1.165, 1.54) is 16.5 Å². The highest BCUT2D eigenvalue weighted by molar-refractivity contribution is 5.79. The second-order valence-electron chi connectivity index (χ2n) is 3.00. The molecule has 0 aliphatic carbocycles. The molecule has 0 bridgehead atoms. The van der Waals surface area contributed by atoms with Crippen molar-refractivity contribution in [1.29, 1.82) is 0 Å². The minimum Gasteiger partial charge on any atom is -0.361 e. The Morgan fingerprint density at radius 3 is 3.00 bits per heavy atom. The van der Waals surface area contributed by atoms with Crippen LogP contribution in [0.1, 0.15) is 12.0 Å². The van der Waals surface area contributed by atoms with E-state index in [4.69, 9.17) is 0 Å². The van der Waals surface area contributed by atoms with Crippen LogP contribution in [0.4, 0.5) is 0 Å². The first-order chi connectivity index (χ1) is 5.90. The van der Waals surface area contributed by atoms with Gasteiger partial charge in [0.1, 0.15) is 0 Å². The molecule has 12 heavy (non-hydrogen) atoms. The van der Waals surface area contributed by atoms with Crippen molar-refractivity contribution < 1.29 is 0 Å². The van der Waals surface area contributed by atoms with Crippen LogP contribution in [0.15, 0.2) is 30.5 Å². The Hall–Kier alpha value is -1.24. The molecule has 1 nitrogen and oxygen atoms in total. The van der Waals surface area contributed by atoms with Crippen molar-refractivity contribution in [3.05, 3.63) is 42.9 Å². The van der Waals surface area contributed by atoms with Crippen molar-refractivity contribution in [3.63, 3.8) is 0 Å². The largest absolute Gasteiger partial charge is 0.361 e. The highest BCUT2D eigenvalue weighted by atomic mass is 14.7. The molecule has 1 N–H and O–H groups in total. The van der Waals surface area contributed by atoms with Crippen LogP contribution in [-0.4, -0.2) is 4.98 Å². The van der Waals surface area contributed by atoms with Crippen LogP contribution in [0.2, 0.25) is 0 Å². The van der Waals surface area contributed by atoms with E-state index in [-0.39, 0.29) is 0 Å². The number of hydrogen-bond acceptors (Lipinski definition) is 0. The smallest absolute Gasteiger partial charge is 0.0456 e. The van der Waals surface area contributed by atoms with Crippen molar-refractivity contribution in [3.8, 4) is 0 Å². The number of aryl methyl sites for hydroxylation is 1. The van der Waals surface area contributed by atoms with E-state index < -0.39 is 0 Å². The summed E-state index contributed by atoms with van der Waals surface area (Å²) in [5, 5.41) is 1.28. The summed E-state index contributed by atoms with van der Waals surface area (Å²) in [5.74, 6) is 0. The zero-order valence-electron chi connectivity index (χ0n) is 7.01. The number of H-pyrrole nitrogens is 1. The van der Waals surface area contributed by atoms with E-state index >= 15 is 0 Å². The number of benzene rings is 1. The monoisotopic (exact) mass is 158 g/mol. The van der Waals surface area contributed by atoms with Gasteiger partial charge in [-0.05, 0) is 35.9 Å². The van der Waals surface area contributed by atoms with Gasteiger partial charge in [0.05, 0.1) is 0 Å². The highest BCUT2D eigenvalue weighted by Gasteiger charge is 1.95. The second-order valence-corrected chi connectivity index (χ2v) is 3.00. The van der Waals surface area contributed by atoms with E-state index in [9.17, 15) is 0 Å². The fourth-order valence-electron chi connectivity index (χ4n) is 1.45. The third kappa shape index (κ3) is 1.22. The van der Waals surface area contributed by atoms with Crippen LogP contribution < -0.4 is 0 Å². The summed E-state index contributed by atoms with van der Waals surface area (Å²) in [4.78, 5) is 3.20. The molecular formula is C11H12N. The lowest BCUT2D eigenvalue weighted by atomic mass is 10.1. The minimum atomic E-state index is 0.964. The Morgan fingerprint density at radius 2 is 2.17 bits per heavy atom. The molecule has 0 saturated heterocycles. The van der Waals surface area contributed by atoms with E-state index in [2.05, 4.69) is 36.2 Å². The first-order valence-electron chi connectivity index (χ1n) is 4.25. The van der Waals surface area contributed by atoms with Crippen LogP contribution in [-0.2, 0) is 6.42 Å². The Kier molecular flexibility index (Phi) is 1.86. The van der Waals surface area contributed by atoms with Gasteiger partial charge < -0.3 is 4.98 Å². The first-order valence-corrected chi connectivity index (χ1v) is 4.25. The van der Waals surface area contributed by atoms with E-state index in [0.29, 0.717) is 0 Å². The number of fused-ring (bicyclic) bond motifs is 1. The fourth-order valence-corrected chi connectivity index (χ4v) is 1.45. The number of nitrogens with one attached hydrogen (secondary N) is 1. The van der Waals surface area contributed by atoms with Crippen LogP contribution in [0.5, 0.6) is 0 Å². The summed E-state index contributed by atoms with van der Waals surface area (Å²) in [6.45, 7) is 3.84. The van der Waals surface area contributed by atoms with Crippen LogP contribution in [0, 0.1) is 6.92 Å². The van der Waals surface area contributed by atoms with Crippen LogP contribution >= 0.6 is 0 Å². The Balaban J connectivity index is 2.46. The number of hydrogen-bond donors (Lipinski definition) is 1. The number of aromatic amines is 1. The SMILES string of the molecule is [CH2]CCc1ccc2cc[nH]c2c1. The molecule has 2 rings (SSSR count). The lowest BCUT2D eigenvalue weighted by Gasteiger charge is -1.97. The summed E-state index contributed by atoms with van der Waals surface area (Å²) >= 11 is 0. The van der Waals surface area contributed by atoms with Crippen molar-refractivity contribution >= 4 is 10.9 Å². The molecule has 0 amide bonds. The van der Waals surface area contributed by atoms with Gasteiger partial charge in [-0.1, -0.05) is 19.1 Å². The molecule has 1 aromatic carbocycles. The molecule has 0 fully saturated rings. The summed E-state index contributed by atoms with van der Waals surface area (Å²) < 4.78 is 0. The third-order valence-electron chi connectivity index (χ3n) is 2.08. The van der Waals surface area contributed by atoms with Crippen molar-refractivity contribution in [2.24, 2.45) is 0 Å². The van der Waals surface area contributed by atoms with Gasteiger partial charge in [0.25, 0.3) is 0 Å². The number of rotatable bonds is 2. The molecule has 0 aliphatic heterocycles. The van der Waals surface area contributed by atoms with Gasteiger partial charge in [-0.3, -0.25) is 0 Å². The molecule has 1 radical (unpaired) electrons. The normalized spacial score (nSPS) is 10.8. The van der Waals surface area contributed by atoms with Gasteiger partial charge in [-0.25, -0.2) is 0 Å². The van der Waals surface area contributed by atoms with Crippen molar-refractivity contribution in [2.75, 3.05) is 0 Å². The highest BCUT2D eigenvalue weighted by Crippen LogP contribution is 2.14. The number of aromatic nitrogens is 1. The maximum Gasteiger partial charge on any atom is 0.0456 e. The lowest BCUT2D eigenvalue weighted by Crippen LogP contribution is -1.81. The average molecular weight is 158 g/mol. The summed E-state index contributed by atoms with van der Waals surface area (Å²) in [5.41, 5.74) is 2.58. The van der Waals surface area contributed by atoms with Crippen LogP contribution in [0.25, 0.3) is 10.9 Å². The van der Waals surface area contributed by atoms with E-state index in [1.807, 2.05) is 6.20 Å². The molecule has 0 unspecified atom stereocenters. The van der Waals surface area contributed by atoms with Crippen molar-refractivity contribution in [2.45, 2.75) is 12.8 Å². The second kappa shape index (κ2) is 3.02. The van der Waals surface area contributed by atoms with Gasteiger partial charge in [0.2, 0.25) is 0 Å². The maximum absolute atomic E-state index is 3.84. The van der Waals surface area contributed by atoms with Crippen molar-refractivity contribution in [1.82, 2.24) is 4.98 Å². The van der Waals surface area contributed by atoms with E-state index in [0.717, 1.165) is 12.8 Å². The summed E-state index contributed by atoms with van der Waals surface area (Å²) in [6, 6.07) is 8.60. The van der Waals surface area contributed by atoms with Gasteiger partial charge in [-0.15, -0.1) is 0 Å². The molecule has 0 atom stereocenters. The molecule has 1 aromatic heterocycles. The molecule has 0 spiro atoms. The van der Waals surface area contributed by atoms with Gasteiger partial charge >= 0.3 is 0 Å². The molecule has 1 heteroatoms. The Morgan fingerprint density at radius 1 is 1.25 bits per heavy atom. The minimum absolute atomic E-state index is 0.964. The van der Waals surface area contributed by atoms with Gasteiger partial charge in [-0.2, -0.15) is 0 Å². The summed E-state index contributed by atoms with van der Waals surface area (Å²) in [6.07, 6.45) is 4.00. The predicted molar refractivity (Wildman–Crippen MR) is 52.0 cm³/mol. The average Bonchev–Trinajstić information content (AvgIpc) is 2.51. The quantitative estimate of drug-likeness (QED) is 0.691. The van der Waals surface area contributed by atoms with E-state index in [1.54, 1.807) is 0 Å². The van der Waals surface area contributed by atoms with Crippen LogP contribution in [0.3, 0.4) is 0 Å². The predicted octanol–water partition coefficient (Wildman–Crippen LogP) is 2.93. The zero-order chi connectivity index (χ0) is 8.39. The standard InChI is InChI=1S/C11H12N/c1-2-3-9-4-5-10-6-7-12-11(10)8-9/h4-8,12H,1-3H2. The molecule has 0 aliphatic rings. The fraction of sp³-hybridized carbons (Fsp3) is 0.182. The first kappa shape index (κ1) is 7.41. The van der Waals surface area contributed by atoms with Gasteiger partial charge in [0.15, 0.2) is 0 Å². The third-order valence-corrected chi connectivity index (χ3v) is 2.08. The summed E-state index contributed by atoms with van der Waals surface area (Å²) in [7, 11) is 0. The van der Waals surface area contributed by atoms with Gasteiger partial charge in [0, 0.05) is 11.7 Å². The molecular weight excluding hydrogens is 146 g/mol. The maximum atomic E-state index is 3.84. The topological polar surface area (TPSA) is 15.8 Å². The lowest BCUT2D eigenvalue weighted by molar-refractivity contribution is 1.00. The zero-order valence-corrected chi connectivity index (χ0v) is 7.01. The molecule has 2 aromatic rings. The Labute approximate surface area is 72.4 Å². The molecule has 61 valence electrons. The Bertz CT molecular complexity index is 373.